The van der Waals surface area contributed by atoms with Gasteiger partial charge in [0.2, 0.25) is 5.91 Å². The van der Waals surface area contributed by atoms with Gasteiger partial charge in [0.05, 0.1) is 0 Å². The molecule has 1 rings (SSSR count). The van der Waals surface area contributed by atoms with E-state index in [0.29, 0.717) is 0 Å². The number of hydrogen-bond acceptors (Lipinski definition) is 4. The molecule has 0 radical (unpaired) electrons. The number of ether oxygens (including phenoxy) is 1. The van der Waals surface area contributed by atoms with Crippen molar-refractivity contribution in [2.24, 2.45) is 0 Å². The average Bonchev–Trinajstić information content (AvgIpc) is 2.52. The Morgan fingerprint density at radius 2 is 1.91 bits per heavy atom. The normalized spacial score (nSPS) is 11.4. The summed E-state index contributed by atoms with van der Waals surface area (Å²) in [6.07, 6.45) is -0.611. The molecule has 0 saturated carbocycles. The van der Waals surface area contributed by atoms with Crippen LogP contribution in [0.15, 0.2) is 30.3 Å². The van der Waals surface area contributed by atoms with E-state index in [1.807, 2.05) is 30.3 Å². The summed E-state index contributed by atoms with van der Waals surface area (Å²) >= 11 is 0. The first-order valence-corrected chi connectivity index (χ1v) is 6.85. The lowest BCUT2D eigenvalue weighted by Crippen LogP contribution is -2.41. The van der Waals surface area contributed by atoms with Crippen molar-refractivity contribution in [3.05, 3.63) is 35.9 Å². The number of nitrogens with zero attached hydrogens (tertiary/aromatic N) is 1. The van der Waals surface area contributed by atoms with Gasteiger partial charge >= 0.3 is 12.1 Å². The Bertz CT molecular complexity index is 518. The Morgan fingerprint density at radius 1 is 1.27 bits per heavy atom. The van der Waals surface area contributed by atoms with Crippen molar-refractivity contribution in [3.8, 4) is 0 Å². The highest BCUT2D eigenvalue weighted by molar-refractivity contribution is 5.83. The minimum atomic E-state index is -1.08. The van der Waals surface area contributed by atoms with E-state index in [1.165, 1.54) is 14.0 Å². The molecule has 7 heteroatoms. The molecule has 0 aliphatic heterocycles. The predicted molar refractivity (Wildman–Crippen MR) is 79.1 cm³/mol. The van der Waals surface area contributed by atoms with Crippen molar-refractivity contribution in [3.63, 3.8) is 0 Å². The second-order valence-electron chi connectivity index (χ2n) is 4.76. The molecule has 0 bridgehead atoms. The van der Waals surface area contributed by atoms with Gasteiger partial charge in [-0.3, -0.25) is 4.79 Å². The molecule has 0 spiro atoms. The SMILES string of the molecule is C[C@@H](C(=O)O)N(C)C(=O)CCNC(=O)OCc1ccccc1. The van der Waals surface area contributed by atoms with Gasteiger partial charge in [-0.2, -0.15) is 0 Å². The fraction of sp³-hybridized carbons (Fsp3) is 0.400. The van der Waals surface area contributed by atoms with E-state index in [9.17, 15) is 14.4 Å². The molecule has 0 aliphatic carbocycles. The quantitative estimate of drug-likeness (QED) is 0.790. The Hall–Kier alpha value is -2.57. The topological polar surface area (TPSA) is 95.9 Å². The fourth-order valence-corrected chi connectivity index (χ4v) is 1.60. The molecule has 2 amide bonds. The van der Waals surface area contributed by atoms with Crippen LogP contribution < -0.4 is 5.32 Å². The van der Waals surface area contributed by atoms with E-state index >= 15 is 0 Å². The maximum atomic E-state index is 11.7. The molecule has 1 aromatic rings. The zero-order valence-electron chi connectivity index (χ0n) is 12.6. The molecular formula is C15H20N2O5. The number of alkyl carbamates (subject to hydrolysis) is 1. The molecule has 0 saturated heterocycles. The highest BCUT2D eigenvalue weighted by Crippen LogP contribution is 2.01. The van der Waals surface area contributed by atoms with E-state index in [4.69, 9.17) is 9.84 Å². The molecule has 0 aliphatic rings. The van der Waals surface area contributed by atoms with E-state index in [0.717, 1.165) is 10.5 Å². The largest absolute Gasteiger partial charge is 0.480 e. The molecule has 0 heterocycles. The smallest absolute Gasteiger partial charge is 0.407 e. The molecule has 0 fully saturated rings. The maximum absolute atomic E-state index is 11.7. The van der Waals surface area contributed by atoms with Crippen molar-refractivity contribution in [1.82, 2.24) is 10.2 Å². The second kappa shape index (κ2) is 8.66. The molecule has 1 atom stereocenters. The third-order valence-electron chi connectivity index (χ3n) is 3.15. The Morgan fingerprint density at radius 3 is 2.50 bits per heavy atom. The number of aliphatic carboxylic acids is 1. The van der Waals surface area contributed by atoms with Crippen LogP contribution in [0.3, 0.4) is 0 Å². The zero-order chi connectivity index (χ0) is 16.5. The second-order valence-corrected chi connectivity index (χ2v) is 4.76. The predicted octanol–water partition coefficient (Wildman–Crippen LogP) is 1.23. The van der Waals surface area contributed by atoms with Crippen LogP contribution in [-0.2, 0) is 20.9 Å². The summed E-state index contributed by atoms with van der Waals surface area (Å²) < 4.78 is 4.99. The number of likely N-dealkylation sites (N-methyl/N-ethyl adjacent to an activating group) is 1. The monoisotopic (exact) mass is 308 g/mol. The first kappa shape index (κ1) is 17.5. The van der Waals surface area contributed by atoms with Crippen molar-refractivity contribution in [2.45, 2.75) is 26.0 Å². The summed E-state index contributed by atoms with van der Waals surface area (Å²) in [4.78, 5) is 35.1. The van der Waals surface area contributed by atoms with Gasteiger partial charge in [0.15, 0.2) is 0 Å². The number of hydrogen-bond donors (Lipinski definition) is 2. The van der Waals surface area contributed by atoms with Crippen molar-refractivity contribution < 1.29 is 24.2 Å². The number of benzene rings is 1. The van der Waals surface area contributed by atoms with Crippen LogP contribution in [0.1, 0.15) is 18.9 Å². The number of rotatable bonds is 7. The van der Waals surface area contributed by atoms with Crippen LogP contribution in [0.25, 0.3) is 0 Å². The van der Waals surface area contributed by atoms with Gasteiger partial charge in [0.1, 0.15) is 12.6 Å². The van der Waals surface area contributed by atoms with Crippen LogP contribution in [-0.4, -0.2) is 47.6 Å². The highest BCUT2D eigenvalue weighted by atomic mass is 16.5. The van der Waals surface area contributed by atoms with E-state index in [1.54, 1.807) is 0 Å². The molecule has 7 nitrogen and oxygen atoms in total. The van der Waals surface area contributed by atoms with Gasteiger partial charge in [-0.15, -0.1) is 0 Å². The van der Waals surface area contributed by atoms with Gasteiger partial charge in [0.25, 0.3) is 0 Å². The molecule has 0 unspecified atom stereocenters. The molecular weight excluding hydrogens is 288 g/mol. The summed E-state index contributed by atoms with van der Waals surface area (Å²) in [5, 5.41) is 11.3. The first-order chi connectivity index (χ1) is 10.4. The zero-order valence-corrected chi connectivity index (χ0v) is 12.6. The van der Waals surface area contributed by atoms with Gasteiger partial charge in [0, 0.05) is 20.0 Å². The van der Waals surface area contributed by atoms with Gasteiger partial charge in [-0.1, -0.05) is 30.3 Å². The molecule has 22 heavy (non-hydrogen) atoms. The summed E-state index contributed by atoms with van der Waals surface area (Å²) in [6, 6.07) is 8.31. The Kier molecular flexibility index (Phi) is 6.88. The van der Waals surface area contributed by atoms with Gasteiger partial charge < -0.3 is 20.1 Å². The summed E-state index contributed by atoms with van der Waals surface area (Å²) in [5.41, 5.74) is 0.865. The molecule has 120 valence electrons. The molecule has 1 aromatic carbocycles. The summed E-state index contributed by atoms with van der Waals surface area (Å²) in [6.45, 7) is 1.65. The number of carbonyl (C=O) groups is 3. The van der Waals surface area contributed by atoms with E-state index < -0.39 is 18.1 Å². The maximum Gasteiger partial charge on any atom is 0.407 e. The Balaban J connectivity index is 2.24. The van der Waals surface area contributed by atoms with Gasteiger partial charge in [-0.25, -0.2) is 9.59 Å². The number of nitrogens with one attached hydrogen (secondary N) is 1. The Labute approximate surface area is 128 Å². The van der Waals surface area contributed by atoms with Crippen molar-refractivity contribution in [2.75, 3.05) is 13.6 Å². The van der Waals surface area contributed by atoms with Crippen LogP contribution in [0.2, 0.25) is 0 Å². The lowest BCUT2D eigenvalue weighted by molar-refractivity contribution is -0.148. The number of carboxylic acid groups (broad SMARTS) is 1. The number of amides is 2. The third kappa shape index (κ3) is 5.82. The molecule has 2 N–H and O–H groups in total. The minimum Gasteiger partial charge on any atom is -0.480 e. The van der Waals surface area contributed by atoms with Crippen LogP contribution >= 0.6 is 0 Å². The van der Waals surface area contributed by atoms with Crippen molar-refractivity contribution >= 4 is 18.0 Å². The first-order valence-electron chi connectivity index (χ1n) is 6.85. The number of carboxylic acids is 1. The van der Waals surface area contributed by atoms with Crippen LogP contribution in [0, 0.1) is 0 Å². The summed E-state index contributed by atoms with van der Waals surface area (Å²) in [5.74, 6) is -1.44. The highest BCUT2D eigenvalue weighted by Gasteiger charge is 2.21. The van der Waals surface area contributed by atoms with Crippen molar-refractivity contribution in [1.29, 1.82) is 0 Å². The van der Waals surface area contributed by atoms with Crippen LogP contribution in [0.5, 0.6) is 0 Å². The van der Waals surface area contributed by atoms with E-state index in [2.05, 4.69) is 5.32 Å². The van der Waals surface area contributed by atoms with Crippen LogP contribution in [0.4, 0.5) is 4.79 Å². The lowest BCUT2D eigenvalue weighted by Gasteiger charge is -2.21. The van der Waals surface area contributed by atoms with Gasteiger partial charge in [-0.05, 0) is 12.5 Å². The number of carbonyl (C=O) groups excluding carboxylic acids is 2. The van der Waals surface area contributed by atoms with E-state index in [-0.39, 0.29) is 25.5 Å². The third-order valence-corrected chi connectivity index (χ3v) is 3.15. The standard InChI is InChI=1S/C15H20N2O5/c1-11(14(19)20)17(2)13(18)8-9-16-15(21)22-10-12-6-4-3-5-7-12/h3-7,11H,8-10H2,1-2H3,(H,16,21)(H,19,20)/t11-/m0/s1. The summed E-state index contributed by atoms with van der Waals surface area (Å²) in [7, 11) is 1.41. The minimum absolute atomic E-state index is 0.00849. The molecule has 0 aromatic heterocycles. The fourth-order valence-electron chi connectivity index (χ4n) is 1.60. The average molecular weight is 308 g/mol. The lowest BCUT2D eigenvalue weighted by atomic mass is 10.2.